The third-order valence-electron chi connectivity index (χ3n) is 3.39. The van der Waals surface area contributed by atoms with Gasteiger partial charge in [0.15, 0.2) is 0 Å². The predicted molar refractivity (Wildman–Crippen MR) is 99.9 cm³/mol. The number of hydrogen-bond donors (Lipinski definition) is 1. The van der Waals surface area contributed by atoms with Gasteiger partial charge < -0.3 is 5.32 Å². The molecular weight excluding hydrogens is 324 g/mol. The van der Waals surface area contributed by atoms with E-state index in [4.69, 9.17) is 11.6 Å². The largest absolute Gasteiger partial charge is 0.360 e. The minimum Gasteiger partial charge on any atom is -0.360 e. The fourth-order valence-electron chi connectivity index (χ4n) is 2.11. The number of allylic oxidation sites excluding steroid dienone is 1. The smallest absolute Gasteiger partial charge is 0.108 e. The Morgan fingerprint density at radius 3 is 2.57 bits per heavy atom. The van der Waals surface area contributed by atoms with Crippen LogP contribution in [-0.2, 0) is 0 Å². The lowest BCUT2D eigenvalue weighted by Gasteiger charge is -2.14. The van der Waals surface area contributed by atoms with Crippen molar-refractivity contribution < 1.29 is 0 Å². The van der Waals surface area contributed by atoms with Crippen LogP contribution >= 0.6 is 23.4 Å². The van der Waals surface area contributed by atoms with E-state index >= 15 is 0 Å². The molecule has 23 heavy (non-hydrogen) atoms. The average Bonchev–Trinajstić information content (AvgIpc) is 2.55. The molecule has 0 bridgehead atoms. The molecule has 0 aliphatic rings. The van der Waals surface area contributed by atoms with Gasteiger partial charge in [-0.15, -0.1) is 0 Å². The summed E-state index contributed by atoms with van der Waals surface area (Å²) in [6.45, 7) is 6.29. The second kappa shape index (κ2) is 8.10. The molecule has 1 N–H and O–H groups in total. The number of thioether (sulfide) groups is 1. The second-order valence-electron chi connectivity index (χ2n) is 5.53. The summed E-state index contributed by atoms with van der Waals surface area (Å²) in [5.41, 5.74) is 3.22. The van der Waals surface area contributed by atoms with E-state index in [9.17, 15) is 5.26 Å². The van der Waals surface area contributed by atoms with E-state index in [0.29, 0.717) is 10.8 Å². The molecule has 2 nitrogen and oxygen atoms in total. The monoisotopic (exact) mass is 342 g/mol. The molecule has 2 rings (SSSR count). The Morgan fingerprint density at radius 2 is 1.96 bits per heavy atom. The standard InChI is InChI=1S/C19H19ClN2S/c1-13(2)17-9-14(3)18(20)10-19(17)23-16(11-21)12-22-15-7-5-4-6-8-15/h4-10,12-13,22H,1-3H3/b16-12+. The molecule has 0 atom stereocenters. The van der Waals surface area contributed by atoms with Crippen LogP contribution in [0.5, 0.6) is 0 Å². The zero-order chi connectivity index (χ0) is 16.8. The number of rotatable bonds is 5. The molecule has 0 unspecified atom stereocenters. The van der Waals surface area contributed by atoms with E-state index in [0.717, 1.165) is 21.2 Å². The van der Waals surface area contributed by atoms with Crippen molar-refractivity contribution in [2.24, 2.45) is 0 Å². The summed E-state index contributed by atoms with van der Waals surface area (Å²) in [7, 11) is 0. The first kappa shape index (κ1) is 17.5. The Hall–Kier alpha value is -1.89. The number of benzene rings is 2. The Bertz CT molecular complexity index is 746. The van der Waals surface area contributed by atoms with Crippen molar-refractivity contribution in [3.05, 3.63) is 69.7 Å². The van der Waals surface area contributed by atoms with Gasteiger partial charge in [0.05, 0.1) is 0 Å². The van der Waals surface area contributed by atoms with Crippen molar-refractivity contribution in [2.75, 3.05) is 5.32 Å². The summed E-state index contributed by atoms with van der Waals surface area (Å²) in [4.78, 5) is 1.62. The van der Waals surface area contributed by atoms with Gasteiger partial charge in [0.2, 0.25) is 0 Å². The second-order valence-corrected chi connectivity index (χ2v) is 7.02. The number of nitrogens with zero attached hydrogens (tertiary/aromatic N) is 1. The van der Waals surface area contributed by atoms with E-state index in [1.165, 1.54) is 17.3 Å². The number of anilines is 1. The first-order valence-corrected chi connectivity index (χ1v) is 8.60. The Balaban J connectivity index is 2.25. The van der Waals surface area contributed by atoms with Gasteiger partial charge in [-0.3, -0.25) is 0 Å². The summed E-state index contributed by atoms with van der Waals surface area (Å²) in [5, 5.41) is 13.3. The summed E-state index contributed by atoms with van der Waals surface area (Å²) >= 11 is 7.70. The molecule has 118 valence electrons. The molecule has 0 aliphatic heterocycles. The van der Waals surface area contributed by atoms with E-state index in [1.54, 1.807) is 6.20 Å². The lowest BCUT2D eigenvalue weighted by molar-refractivity contribution is 0.840. The van der Waals surface area contributed by atoms with Gasteiger partial charge in [-0.1, -0.05) is 61.5 Å². The molecule has 0 saturated heterocycles. The highest BCUT2D eigenvalue weighted by Crippen LogP contribution is 2.36. The van der Waals surface area contributed by atoms with Crippen molar-refractivity contribution in [3.8, 4) is 6.07 Å². The molecule has 2 aromatic carbocycles. The van der Waals surface area contributed by atoms with Crippen molar-refractivity contribution >= 4 is 29.1 Å². The van der Waals surface area contributed by atoms with Crippen molar-refractivity contribution in [3.63, 3.8) is 0 Å². The van der Waals surface area contributed by atoms with Gasteiger partial charge >= 0.3 is 0 Å². The van der Waals surface area contributed by atoms with Gasteiger partial charge in [0.1, 0.15) is 11.0 Å². The Labute approximate surface area is 147 Å². The molecule has 0 spiro atoms. The molecule has 0 amide bonds. The van der Waals surface area contributed by atoms with Crippen LogP contribution in [0.3, 0.4) is 0 Å². The van der Waals surface area contributed by atoms with Crippen LogP contribution in [0, 0.1) is 18.3 Å². The fraction of sp³-hybridized carbons (Fsp3) is 0.211. The minimum absolute atomic E-state index is 0.371. The molecule has 4 heteroatoms. The molecule has 0 aromatic heterocycles. The van der Waals surface area contributed by atoms with Crippen LogP contribution in [0.4, 0.5) is 5.69 Å². The zero-order valence-electron chi connectivity index (χ0n) is 13.4. The van der Waals surface area contributed by atoms with Gasteiger partial charge in [-0.25, -0.2) is 0 Å². The Morgan fingerprint density at radius 1 is 1.26 bits per heavy atom. The number of nitriles is 1. The van der Waals surface area contributed by atoms with Crippen molar-refractivity contribution in [2.45, 2.75) is 31.6 Å². The fourth-order valence-corrected chi connectivity index (χ4v) is 3.33. The van der Waals surface area contributed by atoms with E-state index in [1.807, 2.05) is 43.3 Å². The van der Waals surface area contributed by atoms with Gasteiger partial charge in [0, 0.05) is 21.8 Å². The van der Waals surface area contributed by atoms with E-state index in [2.05, 4.69) is 31.3 Å². The van der Waals surface area contributed by atoms with Crippen LogP contribution < -0.4 is 5.32 Å². The first-order chi connectivity index (χ1) is 11.0. The SMILES string of the molecule is Cc1cc(C(C)C)c(S/C(C#N)=C/Nc2ccccc2)cc1Cl. The van der Waals surface area contributed by atoms with Crippen LogP contribution in [0.25, 0.3) is 0 Å². The minimum atomic E-state index is 0.371. The molecule has 2 aromatic rings. The first-order valence-electron chi connectivity index (χ1n) is 7.41. The molecule has 0 radical (unpaired) electrons. The normalized spacial score (nSPS) is 11.4. The maximum atomic E-state index is 9.41. The van der Waals surface area contributed by atoms with Gasteiger partial charge in [-0.2, -0.15) is 5.26 Å². The summed E-state index contributed by atoms with van der Waals surface area (Å²) in [5.74, 6) is 0.371. The third kappa shape index (κ3) is 4.79. The third-order valence-corrected chi connectivity index (χ3v) is 4.80. The van der Waals surface area contributed by atoms with Gasteiger partial charge in [-0.05, 0) is 42.2 Å². The van der Waals surface area contributed by atoms with Crippen LogP contribution in [0.2, 0.25) is 5.02 Å². The van der Waals surface area contributed by atoms with Gasteiger partial charge in [0.25, 0.3) is 0 Å². The quantitative estimate of drug-likeness (QED) is 0.508. The molecular formula is C19H19ClN2S. The maximum absolute atomic E-state index is 9.41. The maximum Gasteiger partial charge on any atom is 0.108 e. The molecule has 0 saturated carbocycles. The average molecular weight is 343 g/mol. The predicted octanol–water partition coefficient (Wildman–Crippen LogP) is 6.34. The van der Waals surface area contributed by atoms with Crippen molar-refractivity contribution in [1.82, 2.24) is 0 Å². The lowest BCUT2D eigenvalue weighted by atomic mass is 10.0. The number of nitrogens with one attached hydrogen (secondary N) is 1. The van der Waals surface area contributed by atoms with Crippen LogP contribution in [0.1, 0.15) is 30.9 Å². The van der Waals surface area contributed by atoms with E-state index < -0.39 is 0 Å². The number of hydrogen-bond acceptors (Lipinski definition) is 3. The topological polar surface area (TPSA) is 35.8 Å². The number of halogens is 1. The molecule has 0 fully saturated rings. The van der Waals surface area contributed by atoms with E-state index in [-0.39, 0.29) is 0 Å². The summed E-state index contributed by atoms with van der Waals surface area (Å²) < 4.78 is 0. The van der Waals surface area contributed by atoms with Crippen LogP contribution in [0.15, 0.2) is 58.5 Å². The molecule has 0 aliphatic carbocycles. The molecule has 0 heterocycles. The highest BCUT2D eigenvalue weighted by molar-refractivity contribution is 8.03. The van der Waals surface area contributed by atoms with Crippen LogP contribution in [-0.4, -0.2) is 0 Å². The lowest BCUT2D eigenvalue weighted by Crippen LogP contribution is -1.94. The number of aryl methyl sites for hydroxylation is 1. The number of para-hydroxylation sites is 1. The highest BCUT2D eigenvalue weighted by Gasteiger charge is 2.12. The summed E-state index contributed by atoms with van der Waals surface area (Å²) in [6.07, 6.45) is 1.73. The zero-order valence-corrected chi connectivity index (χ0v) is 15.0. The highest BCUT2D eigenvalue weighted by atomic mass is 35.5. The Kier molecular flexibility index (Phi) is 6.15. The van der Waals surface area contributed by atoms with Crippen molar-refractivity contribution in [1.29, 1.82) is 5.26 Å². The summed E-state index contributed by atoms with van der Waals surface area (Å²) in [6, 6.07) is 16.1.